The fourth-order valence-electron chi connectivity index (χ4n) is 2.54. The van der Waals surface area contributed by atoms with Crippen LogP contribution in [0.1, 0.15) is 39.5 Å². The lowest BCUT2D eigenvalue weighted by atomic mass is 9.87. The minimum absolute atomic E-state index is 0.0218. The molecule has 2 N–H and O–H groups in total. The van der Waals surface area contributed by atoms with Crippen LogP contribution in [0.5, 0.6) is 0 Å². The second-order valence-corrected chi connectivity index (χ2v) is 5.89. The molecule has 1 saturated carbocycles. The highest BCUT2D eigenvalue weighted by atomic mass is 16.3. The smallest absolute Gasteiger partial charge is 0.0614 e. The van der Waals surface area contributed by atoms with Gasteiger partial charge in [-0.15, -0.1) is 0 Å². The summed E-state index contributed by atoms with van der Waals surface area (Å²) in [6, 6.07) is 0.639. The first-order chi connectivity index (χ1) is 7.65. The summed E-state index contributed by atoms with van der Waals surface area (Å²) in [4.78, 5) is 2.51. The Hall–Kier alpha value is -0.120. The Labute approximate surface area is 99.2 Å². The summed E-state index contributed by atoms with van der Waals surface area (Å²) in [6.45, 7) is 8.16. The van der Waals surface area contributed by atoms with Gasteiger partial charge in [-0.2, -0.15) is 0 Å². The van der Waals surface area contributed by atoms with Crippen LogP contribution in [0.15, 0.2) is 0 Å². The number of aliphatic hydroxyl groups excluding tert-OH is 1. The molecule has 3 nitrogen and oxygen atoms in total. The van der Waals surface area contributed by atoms with Crippen molar-refractivity contribution < 1.29 is 5.11 Å². The predicted octanol–water partition coefficient (Wildman–Crippen LogP) is 1.22. The second-order valence-electron chi connectivity index (χ2n) is 5.89. The SMILES string of the molecule is CC(C)N1CCC(CO)(NCC2CC2)CC1. The van der Waals surface area contributed by atoms with Crippen molar-refractivity contribution in [2.75, 3.05) is 26.2 Å². The largest absolute Gasteiger partial charge is 0.394 e. The van der Waals surface area contributed by atoms with E-state index in [1.54, 1.807) is 0 Å². The summed E-state index contributed by atoms with van der Waals surface area (Å²) < 4.78 is 0. The lowest BCUT2D eigenvalue weighted by Crippen LogP contribution is -2.57. The van der Waals surface area contributed by atoms with E-state index in [9.17, 15) is 5.11 Å². The zero-order chi connectivity index (χ0) is 11.6. The Kier molecular flexibility index (Phi) is 3.88. The van der Waals surface area contributed by atoms with E-state index in [-0.39, 0.29) is 5.54 Å². The number of rotatable bonds is 5. The van der Waals surface area contributed by atoms with Crippen molar-refractivity contribution in [1.29, 1.82) is 0 Å². The molecule has 1 heterocycles. The minimum Gasteiger partial charge on any atom is -0.394 e. The van der Waals surface area contributed by atoms with Gasteiger partial charge in [0.15, 0.2) is 0 Å². The van der Waals surface area contributed by atoms with Gasteiger partial charge in [-0.25, -0.2) is 0 Å². The number of piperidine rings is 1. The maximum Gasteiger partial charge on any atom is 0.0614 e. The van der Waals surface area contributed by atoms with Gasteiger partial charge in [0.1, 0.15) is 0 Å². The zero-order valence-electron chi connectivity index (χ0n) is 10.7. The molecule has 0 amide bonds. The van der Waals surface area contributed by atoms with Crippen LogP contribution in [-0.4, -0.2) is 47.8 Å². The fourth-order valence-corrected chi connectivity index (χ4v) is 2.54. The van der Waals surface area contributed by atoms with Crippen molar-refractivity contribution in [3.63, 3.8) is 0 Å². The maximum atomic E-state index is 9.62. The lowest BCUT2D eigenvalue weighted by molar-refractivity contribution is 0.0647. The molecule has 2 aliphatic rings. The van der Waals surface area contributed by atoms with Crippen LogP contribution < -0.4 is 5.32 Å². The topological polar surface area (TPSA) is 35.5 Å². The molecule has 0 aromatic carbocycles. The van der Waals surface area contributed by atoms with Crippen LogP contribution in [0.3, 0.4) is 0 Å². The standard InChI is InChI=1S/C13H26N2O/c1-11(2)15-7-5-13(10-16,6-8-15)14-9-12-3-4-12/h11-12,14,16H,3-10H2,1-2H3. The summed E-state index contributed by atoms with van der Waals surface area (Å²) in [6.07, 6.45) is 4.95. The van der Waals surface area contributed by atoms with Crippen molar-refractivity contribution in [2.24, 2.45) is 5.92 Å². The van der Waals surface area contributed by atoms with Crippen molar-refractivity contribution in [3.05, 3.63) is 0 Å². The summed E-state index contributed by atoms with van der Waals surface area (Å²) in [7, 11) is 0. The molecule has 1 saturated heterocycles. The van der Waals surface area contributed by atoms with E-state index in [2.05, 4.69) is 24.1 Å². The molecule has 1 aliphatic carbocycles. The molecule has 2 rings (SSSR count). The summed E-state index contributed by atoms with van der Waals surface area (Å²) in [5.41, 5.74) is 0.0218. The molecule has 1 aliphatic heterocycles. The third-order valence-corrected chi connectivity index (χ3v) is 4.25. The van der Waals surface area contributed by atoms with Gasteiger partial charge in [-0.3, -0.25) is 0 Å². The Morgan fingerprint density at radius 1 is 1.31 bits per heavy atom. The van der Waals surface area contributed by atoms with Gasteiger partial charge in [0.2, 0.25) is 0 Å². The van der Waals surface area contributed by atoms with Crippen LogP contribution in [0.2, 0.25) is 0 Å². The molecule has 2 fully saturated rings. The summed E-state index contributed by atoms with van der Waals surface area (Å²) in [5.74, 6) is 0.895. The quantitative estimate of drug-likeness (QED) is 0.740. The van der Waals surface area contributed by atoms with Gasteiger partial charge in [0.25, 0.3) is 0 Å². The molecule has 0 aromatic rings. The van der Waals surface area contributed by atoms with Crippen molar-refractivity contribution in [3.8, 4) is 0 Å². The van der Waals surface area contributed by atoms with E-state index >= 15 is 0 Å². The molecule has 94 valence electrons. The van der Waals surface area contributed by atoms with E-state index < -0.39 is 0 Å². The highest BCUT2D eigenvalue weighted by molar-refractivity contribution is 4.95. The molecular formula is C13H26N2O. The van der Waals surface area contributed by atoms with Crippen LogP contribution in [0.4, 0.5) is 0 Å². The molecular weight excluding hydrogens is 200 g/mol. The molecule has 0 aromatic heterocycles. The Morgan fingerprint density at radius 3 is 2.38 bits per heavy atom. The average Bonchev–Trinajstić information content (AvgIpc) is 3.11. The predicted molar refractivity (Wildman–Crippen MR) is 66.5 cm³/mol. The van der Waals surface area contributed by atoms with Gasteiger partial charge < -0.3 is 15.3 Å². The van der Waals surface area contributed by atoms with Crippen LogP contribution >= 0.6 is 0 Å². The van der Waals surface area contributed by atoms with Gasteiger partial charge in [-0.1, -0.05) is 0 Å². The molecule has 0 radical (unpaired) electrons. The van der Waals surface area contributed by atoms with Gasteiger partial charge >= 0.3 is 0 Å². The van der Waals surface area contributed by atoms with Crippen LogP contribution in [0.25, 0.3) is 0 Å². The first-order valence-corrected chi connectivity index (χ1v) is 6.75. The van der Waals surface area contributed by atoms with E-state index in [1.807, 2.05) is 0 Å². The molecule has 0 unspecified atom stereocenters. The molecule has 0 atom stereocenters. The second kappa shape index (κ2) is 5.03. The number of hydrogen-bond acceptors (Lipinski definition) is 3. The summed E-state index contributed by atoms with van der Waals surface area (Å²) in [5, 5.41) is 13.2. The minimum atomic E-state index is 0.0218. The Morgan fingerprint density at radius 2 is 1.94 bits per heavy atom. The van der Waals surface area contributed by atoms with E-state index in [0.29, 0.717) is 12.6 Å². The first kappa shape index (κ1) is 12.3. The molecule has 3 heteroatoms. The lowest BCUT2D eigenvalue weighted by Gasteiger charge is -2.43. The van der Waals surface area contributed by atoms with E-state index in [1.165, 1.54) is 12.8 Å². The maximum absolute atomic E-state index is 9.62. The molecule has 0 spiro atoms. The van der Waals surface area contributed by atoms with Crippen LogP contribution in [0, 0.1) is 5.92 Å². The zero-order valence-corrected chi connectivity index (χ0v) is 10.7. The first-order valence-electron chi connectivity index (χ1n) is 6.75. The van der Waals surface area contributed by atoms with Crippen molar-refractivity contribution in [1.82, 2.24) is 10.2 Å². The monoisotopic (exact) mass is 226 g/mol. The third kappa shape index (κ3) is 2.96. The molecule has 0 bridgehead atoms. The third-order valence-electron chi connectivity index (χ3n) is 4.25. The number of aliphatic hydroxyl groups is 1. The van der Waals surface area contributed by atoms with E-state index in [0.717, 1.165) is 38.4 Å². The number of nitrogens with one attached hydrogen (secondary N) is 1. The average molecular weight is 226 g/mol. The number of hydrogen-bond donors (Lipinski definition) is 2. The Bertz CT molecular complexity index is 218. The van der Waals surface area contributed by atoms with Gasteiger partial charge in [-0.05, 0) is 52.0 Å². The van der Waals surface area contributed by atoms with Crippen molar-refractivity contribution >= 4 is 0 Å². The number of likely N-dealkylation sites (tertiary alicyclic amines) is 1. The highest BCUT2D eigenvalue weighted by Crippen LogP contribution is 2.30. The molecule has 16 heavy (non-hydrogen) atoms. The van der Waals surface area contributed by atoms with E-state index in [4.69, 9.17) is 0 Å². The number of nitrogens with zero attached hydrogens (tertiary/aromatic N) is 1. The van der Waals surface area contributed by atoms with Gasteiger partial charge in [0, 0.05) is 24.7 Å². The summed E-state index contributed by atoms with van der Waals surface area (Å²) >= 11 is 0. The fraction of sp³-hybridized carbons (Fsp3) is 1.00. The van der Waals surface area contributed by atoms with Crippen molar-refractivity contribution in [2.45, 2.75) is 51.1 Å². The normalized spacial score (nSPS) is 26.2. The Balaban J connectivity index is 1.81. The van der Waals surface area contributed by atoms with Gasteiger partial charge in [0.05, 0.1) is 6.61 Å². The highest BCUT2D eigenvalue weighted by Gasteiger charge is 2.35. The van der Waals surface area contributed by atoms with Crippen LogP contribution in [-0.2, 0) is 0 Å².